The van der Waals surface area contributed by atoms with Crippen molar-refractivity contribution in [3.63, 3.8) is 0 Å². The minimum absolute atomic E-state index is 0.0506. The van der Waals surface area contributed by atoms with E-state index in [9.17, 15) is 9.59 Å². The van der Waals surface area contributed by atoms with Crippen molar-refractivity contribution in [3.05, 3.63) is 53.7 Å². The van der Waals surface area contributed by atoms with Gasteiger partial charge < -0.3 is 19.5 Å². The van der Waals surface area contributed by atoms with E-state index in [0.29, 0.717) is 30.0 Å². The van der Waals surface area contributed by atoms with Gasteiger partial charge in [-0.25, -0.2) is 14.8 Å². The molecule has 3 rings (SSSR count). The third-order valence-electron chi connectivity index (χ3n) is 4.84. The van der Waals surface area contributed by atoms with Crippen LogP contribution in [0.5, 0.6) is 5.75 Å². The van der Waals surface area contributed by atoms with Gasteiger partial charge in [-0.2, -0.15) is 0 Å². The van der Waals surface area contributed by atoms with Crippen molar-refractivity contribution in [1.82, 2.24) is 9.97 Å². The molecule has 0 saturated carbocycles. The number of aromatic nitrogens is 2. The van der Waals surface area contributed by atoms with E-state index in [-0.39, 0.29) is 24.6 Å². The Bertz CT molecular complexity index is 1160. The smallest absolute Gasteiger partial charge is 0.338 e. The summed E-state index contributed by atoms with van der Waals surface area (Å²) in [5.41, 5.74) is 2.28. The van der Waals surface area contributed by atoms with Crippen LogP contribution >= 0.6 is 0 Å². The second kappa shape index (κ2) is 10.9. The number of carbonyl (C=O) groups is 2. The highest BCUT2D eigenvalue weighted by molar-refractivity contribution is 5.94. The van der Waals surface area contributed by atoms with Crippen molar-refractivity contribution in [2.75, 3.05) is 31.1 Å². The van der Waals surface area contributed by atoms with Gasteiger partial charge in [-0.3, -0.25) is 10.1 Å². The lowest BCUT2D eigenvalue weighted by atomic mass is 9.96. The van der Waals surface area contributed by atoms with Crippen LogP contribution in [0.3, 0.4) is 0 Å². The van der Waals surface area contributed by atoms with E-state index in [1.165, 1.54) is 7.11 Å². The number of ether oxygens (including phenoxy) is 3. The van der Waals surface area contributed by atoms with Gasteiger partial charge in [-0.15, -0.1) is 0 Å². The molecular formula is C25H30N4O5. The van der Waals surface area contributed by atoms with Crippen LogP contribution in [0.15, 0.2) is 42.6 Å². The van der Waals surface area contributed by atoms with Gasteiger partial charge in [0.1, 0.15) is 11.3 Å². The number of anilines is 2. The summed E-state index contributed by atoms with van der Waals surface area (Å²) in [7, 11) is 1.54. The molecule has 9 heteroatoms. The topological polar surface area (TPSA) is 112 Å². The average Bonchev–Trinajstić information content (AvgIpc) is 2.81. The van der Waals surface area contributed by atoms with Gasteiger partial charge in [0, 0.05) is 36.3 Å². The van der Waals surface area contributed by atoms with E-state index < -0.39 is 5.41 Å². The first-order valence-electron chi connectivity index (χ1n) is 10.9. The number of benzene rings is 2. The van der Waals surface area contributed by atoms with E-state index in [0.717, 1.165) is 16.6 Å². The Kier molecular flexibility index (Phi) is 8.01. The number of hydrogen-bond acceptors (Lipinski definition) is 8. The van der Waals surface area contributed by atoms with Crippen LogP contribution in [-0.2, 0) is 20.8 Å². The molecule has 0 bridgehead atoms. The summed E-state index contributed by atoms with van der Waals surface area (Å²) >= 11 is 0. The van der Waals surface area contributed by atoms with Crippen LogP contribution in [0.25, 0.3) is 10.9 Å². The quantitative estimate of drug-likeness (QED) is 0.353. The zero-order chi connectivity index (χ0) is 24.7. The lowest BCUT2D eigenvalue weighted by Crippen LogP contribution is -2.28. The Balaban J connectivity index is 1.80. The van der Waals surface area contributed by atoms with Crippen LogP contribution in [-0.4, -0.2) is 42.4 Å². The highest BCUT2D eigenvalue weighted by Gasteiger charge is 2.22. The van der Waals surface area contributed by atoms with Crippen LogP contribution in [0, 0.1) is 5.41 Å². The van der Waals surface area contributed by atoms with E-state index in [1.54, 1.807) is 25.3 Å². The third kappa shape index (κ3) is 6.41. The van der Waals surface area contributed by atoms with Crippen LogP contribution < -0.4 is 15.4 Å². The average molecular weight is 467 g/mol. The summed E-state index contributed by atoms with van der Waals surface area (Å²) in [5, 5.41) is 6.83. The first kappa shape index (κ1) is 24.9. The number of amides is 1. The van der Waals surface area contributed by atoms with E-state index in [1.807, 2.05) is 45.0 Å². The summed E-state index contributed by atoms with van der Waals surface area (Å²) in [6, 6.07) is 10.9. The fourth-order valence-corrected chi connectivity index (χ4v) is 3.00. The Morgan fingerprint density at radius 3 is 2.47 bits per heavy atom. The van der Waals surface area contributed by atoms with Gasteiger partial charge in [-0.05, 0) is 48.9 Å². The molecule has 2 aromatic carbocycles. The van der Waals surface area contributed by atoms with Crippen molar-refractivity contribution in [3.8, 4) is 5.75 Å². The van der Waals surface area contributed by atoms with Gasteiger partial charge in [0.25, 0.3) is 0 Å². The van der Waals surface area contributed by atoms with E-state index >= 15 is 0 Å². The molecule has 1 heterocycles. The number of carbonyl (C=O) groups excluding carboxylic acids is 2. The Labute approximate surface area is 198 Å². The lowest BCUT2D eigenvalue weighted by molar-refractivity contribution is -0.123. The number of methoxy groups -OCH3 is 1. The lowest BCUT2D eigenvalue weighted by Gasteiger charge is -2.17. The standard InChI is InChI=1S/C25H30N4O5/c1-6-33-22(30)17-7-9-19(10-8-17)26-13-16-11-18-14-27-24(29-23(31)25(2,3)4)28-21(18)20(12-16)34-15-32-5/h7-12,14,26H,6,13,15H2,1-5H3,(H,27,28,29,31). The largest absolute Gasteiger partial charge is 0.465 e. The molecule has 3 aromatic rings. The van der Waals surface area contributed by atoms with Crippen LogP contribution in [0.4, 0.5) is 11.6 Å². The fraction of sp³-hybridized carbons (Fsp3) is 0.360. The highest BCUT2D eigenvalue weighted by Crippen LogP contribution is 2.28. The van der Waals surface area contributed by atoms with Gasteiger partial charge in [0.05, 0.1) is 12.2 Å². The molecule has 1 amide bonds. The van der Waals surface area contributed by atoms with Crippen molar-refractivity contribution in [2.24, 2.45) is 5.41 Å². The van der Waals surface area contributed by atoms with Gasteiger partial charge in [0.15, 0.2) is 6.79 Å². The Morgan fingerprint density at radius 1 is 1.09 bits per heavy atom. The number of hydrogen-bond donors (Lipinski definition) is 2. The number of esters is 1. The van der Waals surface area contributed by atoms with Gasteiger partial charge in [0.2, 0.25) is 11.9 Å². The van der Waals surface area contributed by atoms with Crippen LogP contribution in [0.2, 0.25) is 0 Å². The van der Waals surface area contributed by atoms with E-state index in [2.05, 4.69) is 20.6 Å². The highest BCUT2D eigenvalue weighted by atomic mass is 16.7. The first-order chi connectivity index (χ1) is 16.2. The second-order valence-electron chi connectivity index (χ2n) is 8.63. The molecule has 34 heavy (non-hydrogen) atoms. The van der Waals surface area contributed by atoms with Gasteiger partial charge in [-0.1, -0.05) is 20.8 Å². The zero-order valence-electron chi connectivity index (χ0n) is 20.1. The van der Waals surface area contributed by atoms with Crippen molar-refractivity contribution in [1.29, 1.82) is 0 Å². The molecule has 0 saturated heterocycles. The molecule has 0 radical (unpaired) electrons. The molecule has 0 aliphatic rings. The molecule has 0 unspecified atom stereocenters. The van der Waals surface area contributed by atoms with Crippen molar-refractivity contribution in [2.45, 2.75) is 34.2 Å². The maximum absolute atomic E-state index is 12.3. The number of fused-ring (bicyclic) bond motifs is 1. The molecule has 2 N–H and O–H groups in total. The SMILES string of the molecule is CCOC(=O)c1ccc(NCc2cc(OCOC)c3nc(NC(=O)C(C)(C)C)ncc3c2)cc1. The summed E-state index contributed by atoms with van der Waals surface area (Å²) in [5.74, 6) is 0.201. The maximum atomic E-state index is 12.3. The number of nitrogens with one attached hydrogen (secondary N) is 2. The molecule has 180 valence electrons. The molecule has 0 aliphatic carbocycles. The second-order valence-corrected chi connectivity index (χ2v) is 8.63. The zero-order valence-corrected chi connectivity index (χ0v) is 20.1. The third-order valence-corrected chi connectivity index (χ3v) is 4.84. The molecule has 9 nitrogen and oxygen atoms in total. The summed E-state index contributed by atoms with van der Waals surface area (Å²) in [4.78, 5) is 32.9. The first-order valence-corrected chi connectivity index (χ1v) is 10.9. The molecule has 0 atom stereocenters. The Hall–Kier alpha value is -3.72. The molecule has 0 aliphatic heterocycles. The predicted molar refractivity (Wildman–Crippen MR) is 130 cm³/mol. The van der Waals surface area contributed by atoms with Crippen molar-refractivity contribution < 1.29 is 23.8 Å². The fourth-order valence-electron chi connectivity index (χ4n) is 3.00. The van der Waals surface area contributed by atoms with Crippen LogP contribution in [0.1, 0.15) is 43.6 Å². The molecular weight excluding hydrogens is 436 g/mol. The summed E-state index contributed by atoms with van der Waals surface area (Å²) in [6.07, 6.45) is 1.65. The number of rotatable bonds is 9. The monoisotopic (exact) mass is 466 g/mol. The maximum Gasteiger partial charge on any atom is 0.338 e. The van der Waals surface area contributed by atoms with Gasteiger partial charge >= 0.3 is 5.97 Å². The normalized spacial score (nSPS) is 11.2. The summed E-state index contributed by atoms with van der Waals surface area (Å²) < 4.78 is 15.8. The molecule has 0 fully saturated rings. The summed E-state index contributed by atoms with van der Waals surface area (Å²) in [6.45, 7) is 8.12. The Morgan fingerprint density at radius 2 is 1.82 bits per heavy atom. The van der Waals surface area contributed by atoms with Crippen molar-refractivity contribution >= 4 is 34.4 Å². The van der Waals surface area contributed by atoms with E-state index in [4.69, 9.17) is 14.2 Å². The predicted octanol–water partition coefficient (Wildman–Crippen LogP) is 4.39. The molecule has 1 aromatic heterocycles. The molecule has 0 spiro atoms. The number of nitrogens with zero attached hydrogens (tertiary/aromatic N) is 2. The minimum atomic E-state index is -0.572. The minimum Gasteiger partial charge on any atom is -0.465 e.